The zero-order valence-corrected chi connectivity index (χ0v) is 18.3. The van der Waals surface area contributed by atoms with Gasteiger partial charge in [-0.25, -0.2) is 4.90 Å². The van der Waals surface area contributed by atoms with E-state index in [0.29, 0.717) is 11.3 Å². The summed E-state index contributed by atoms with van der Waals surface area (Å²) < 4.78 is 39.2. The van der Waals surface area contributed by atoms with Crippen molar-refractivity contribution in [2.24, 2.45) is 0 Å². The quantitative estimate of drug-likeness (QED) is 0.262. The predicted molar refractivity (Wildman–Crippen MR) is 122 cm³/mol. The van der Waals surface area contributed by atoms with Gasteiger partial charge in [0.1, 0.15) is 0 Å². The number of alkyl halides is 3. The van der Waals surface area contributed by atoms with E-state index >= 15 is 0 Å². The number of halogens is 3. The summed E-state index contributed by atoms with van der Waals surface area (Å²) in [6.45, 7) is 2.21. The summed E-state index contributed by atoms with van der Waals surface area (Å²) in [5.41, 5.74) is 4.87. The summed E-state index contributed by atoms with van der Waals surface area (Å²) in [5.74, 6) is 0. The highest BCUT2D eigenvalue weighted by Crippen LogP contribution is 2.55. The van der Waals surface area contributed by atoms with Gasteiger partial charge in [0.2, 0.25) is 0 Å². The molecule has 0 amide bonds. The van der Waals surface area contributed by atoms with Crippen molar-refractivity contribution in [3.05, 3.63) is 71.8 Å². The third kappa shape index (κ3) is 3.98. The molecule has 0 bridgehead atoms. The minimum Gasteiger partial charge on any atom is -0.217 e. The van der Waals surface area contributed by atoms with Gasteiger partial charge in [0.05, 0.1) is 0 Å². The third-order valence-corrected chi connectivity index (χ3v) is 6.89. The van der Waals surface area contributed by atoms with Crippen molar-refractivity contribution in [2.75, 3.05) is 13.6 Å². The van der Waals surface area contributed by atoms with E-state index < -0.39 is 6.30 Å². The van der Waals surface area contributed by atoms with Crippen molar-refractivity contribution < 1.29 is 13.2 Å². The molecule has 0 aliphatic heterocycles. The van der Waals surface area contributed by atoms with E-state index in [1.807, 2.05) is 0 Å². The van der Waals surface area contributed by atoms with E-state index in [0.717, 1.165) is 39.2 Å². The van der Waals surface area contributed by atoms with Gasteiger partial charge in [-0.3, -0.25) is 0 Å². The molecule has 1 aliphatic carbocycles. The average Bonchev–Trinajstić information content (AvgIpc) is 3.04. The Hall–Kier alpha value is -2.33. The number of hydrogen-bond acceptors (Lipinski definition) is 1. The lowest BCUT2D eigenvalue weighted by atomic mass is 9.71. The van der Waals surface area contributed by atoms with Gasteiger partial charge in [-0.05, 0) is 59.3 Å². The summed E-state index contributed by atoms with van der Waals surface area (Å²) in [7, 11) is 1.15. The Kier molecular flexibility index (Phi) is 6.11. The lowest BCUT2D eigenvalue weighted by Crippen LogP contribution is -2.36. The van der Waals surface area contributed by atoms with Crippen molar-refractivity contribution >= 4 is 10.8 Å². The Labute approximate surface area is 182 Å². The van der Waals surface area contributed by atoms with Gasteiger partial charge in [-0.1, -0.05) is 86.8 Å². The smallest absolute Gasteiger partial charge is 0.217 e. The first-order valence-corrected chi connectivity index (χ1v) is 11.3. The topological polar surface area (TPSA) is 3.24 Å². The van der Waals surface area contributed by atoms with E-state index in [9.17, 15) is 13.2 Å². The van der Waals surface area contributed by atoms with Crippen molar-refractivity contribution in [1.82, 2.24) is 4.90 Å². The van der Waals surface area contributed by atoms with Crippen LogP contribution in [0.3, 0.4) is 0 Å². The normalized spacial score (nSPS) is 17.9. The second-order valence-electron chi connectivity index (χ2n) is 8.79. The Morgan fingerprint density at radius 3 is 2.29 bits per heavy atom. The molecule has 4 heteroatoms. The fourth-order valence-corrected chi connectivity index (χ4v) is 5.31. The lowest BCUT2D eigenvalue weighted by molar-refractivity contribution is -0.236. The van der Waals surface area contributed by atoms with E-state index in [2.05, 4.69) is 67.6 Å². The number of fused-ring (bicyclic) bond motifs is 5. The SMILES string of the molecule is CCCCCC1(CCCN(C)C(F)(F)F)c2ccccc2-c2c1ccc1ccccc21. The second-order valence-corrected chi connectivity index (χ2v) is 8.79. The fraction of sp³-hybridized carbons (Fsp3) is 0.407. The van der Waals surface area contributed by atoms with Gasteiger partial charge in [0.25, 0.3) is 0 Å². The minimum absolute atomic E-state index is 0.0180. The molecule has 0 heterocycles. The zero-order valence-electron chi connectivity index (χ0n) is 18.3. The molecule has 0 saturated heterocycles. The average molecular weight is 426 g/mol. The Morgan fingerprint density at radius 1 is 0.806 bits per heavy atom. The van der Waals surface area contributed by atoms with Crippen LogP contribution in [0.5, 0.6) is 0 Å². The second kappa shape index (κ2) is 8.66. The highest BCUT2D eigenvalue weighted by molar-refractivity contribution is 6.02. The number of rotatable bonds is 8. The standard InChI is InChI=1S/C27H30F3N/c1-3-4-9-17-26(18-10-19-31(2)27(28,29)30)23-14-8-7-13-22(23)25-21-12-6-5-11-20(21)15-16-24(25)26/h5-8,11-16H,3-4,9-10,17-19H2,1-2H3. The monoisotopic (exact) mass is 425 g/mol. The van der Waals surface area contributed by atoms with Crippen molar-refractivity contribution in [2.45, 2.75) is 57.2 Å². The molecule has 4 rings (SSSR count). The Balaban J connectivity index is 1.80. The molecular weight excluding hydrogens is 395 g/mol. The number of nitrogens with zero attached hydrogens (tertiary/aromatic N) is 1. The minimum atomic E-state index is -4.28. The molecule has 1 nitrogen and oxygen atoms in total. The van der Waals surface area contributed by atoms with Crippen LogP contribution in [0.15, 0.2) is 60.7 Å². The van der Waals surface area contributed by atoms with Crippen LogP contribution in [0.1, 0.15) is 56.6 Å². The van der Waals surface area contributed by atoms with Crippen LogP contribution in [0, 0.1) is 0 Å². The maximum atomic E-state index is 13.1. The van der Waals surface area contributed by atoms with Gasteiger partial charge in [-0.15, -0.1) is 0 Å². The maximum absolute atomic E-state index is 13.1. The summed E-state index contributed by atoms with van der Waals surface area (Å²) >= 11 is 0. The van der Waals surface area contributed by atoms with Crippen LogP contribution in [0.2, 0.25) is 0 Å². The first-order valence-electron chi connectivity index (χ1n) is 11.3. The molecule has 164 valence electrons. The number of hydrogen-bond donors (Lipinski definition) is 0. The van der Waals surface area contributed by atoms with Crippen molar-refractivity contribution in [1.29, 1.82) is 0 Å². The Morgan fingerprint density at radius 2 is 1.52 bits per heavy atom. The first kappa shape index (κ1) is 21.9. The molecule has 3 aromatic carbocycles. The molecule has 31 heavy (non-hydrogen) atoms. The third-order valence-electron chi connectivity index (χ3n) is 6.89. The van der Waals surface area contributed by atoms with E-state index in [1.165, 1.54) is 33.0 Å². The molecule has 0 radical (unpaired) electrons. The van der Waals surface area contributed by atoms with Crippen LogP contribution < -0.4 is 0 Å². The fourth-order valence-electron chi connectivity index (χ4n) is 5.31. The van der Waals surface area contributed by atoms with Crippen molar-refractivity contribution in [3.8, 4) is 11.1 Å². The highest BCUT2D eigenvalue weighted by atomic mass is 19.4. The van der Waals surface area contributed by atoms with Gasteiger partial charge in [0.15, 0.2) is 0 Å². The van der Waals surface area contributed by atoms with E-state index in [1.54, 1.807) is 0 Å². The predicted octanol–water partition coefficient (Wildman–Crippen LogP) is 7.92. The summed E-state index contributed by atoms with van der Waals surface area (Å²) in [5, 5.41) is 2.44. The van der Waals surface area contributed by atoms with Crippen molar-refractivity contribution in [3.63, 3.8) is 0 Å². The van der Waals surface area contributed by atoms with Crippen LogP contribution in [0.4, 0.5) is 13.2 Å². The highest BCUT2D eigenvalue weighted by Gasteiger charge is 2.43. The molecule has 0 spiro atoms. The largest absolute Gasteiger partial charge is 0.459 e. The van der Waals surface area contributed by atoms with Crippen LogP contribution in [-0.2, 0) is 5.41 Å². The number of benzene rings is 3. The summed E-state index contributed by atoms with van der Waals surface area (Å²) in [4.78, 5) is 0.509. The van der Waals surface area contributed by atoms with Gasteiger partial charge in [-0.2, -0.15) is 13.2 Å². The van der Waals surface area contributed by atoms with Gasteiger partial charge < -0.3 is 0 Å². The molecule has 1 aliphatic rings. The van der Waals surface area contributed by atoms with E-state index in [4.69, 9.17) is 0 Å². The molecule has 1 atom stereocenters. The van der Waals surface area contributed by atoms with Crippen LogP contribution in [-0.4, -0.2) is 24.8 Å². The van der Waals surface area contributed by atoms with Crippen LogP contribution >= 0.6 is 0 Å². The lowest BCUT2D eigenvalue weighted by Gasteiger charge is -2.33. The molecule has 3 aromatic rings. The van der Waals surface area contributed by atoms with Gasteiger partial charge >= 0.3 is 6.30 Å². The number of unbranched alkanes of at least 4 members (excludes halogenated alkanes) is 2. The maximum Gasteiger partial charge on any atom is 0.459 e. The molecule has 0 fully saturated rings. The van der Waals surface area contributed by atoms with Gasteiger partial charge in [0, 0.05) is 12.0 Å². The molecule has 1 unspecified atom stereocenters. The first-order chi connectivity index (χ1) is 14.9. The van der Waals surface area contributed by atoms with E-state index in [-0.39, 0.29) is 12.0 Å². The molecule has 0 aromatic heterocycles. The molecular formula is C27H30F3N. The summed E-state index contributed by atoms with van der Waals surface area (Å²) in [6, 6.07) is 21.4. The summed E-state index contributed by atoms with van der Waals surface area (Å²) in [6.07, 6.45) is 1.25. The van der Waals surface area contributed by atoms with Crippen LogP contribution in [0.25, 0.3) is 21.9 Å². The molecule has 0 saturated carbocycles. The Bertz CT molecular complexity index is 1060. The zero-order chi connectivity index (χ0) is 22.1. The molecule has 0 N–H and O–H groups in total.